The highest BCUT2D eigenvalue weighted by atomic mass is 32.2. The fraction of sp³-hybridized carbons (Fsp3) is 0.667. The SMILES string of the molecule is CCNS(=O)(=O)c1ccc(C)c(C(=O)NCC23CC4CC(CC(C4)C2)C3)c1. The number of rotatable bonds is 6. The molecule has 0 aromatic heterocycles. The molecule has 0 radical (unpaired) electrons. The molecular formula is C21H30N2O3S. The van der Waals surface area contributed by atoms with Gasteiger partial charge in [0.15, 0.2) is 0 Å². The largest absolute Gasteiger partial charge is 0.351 e. The van der Waals surface area contributed by atoms with E-state index in [-0.39, 0.29) is 16.2 Å². The normalized spacial score (nSPS) is 31.9. The van der Waals surface area contributed by atoms with E-state index in [9.17, 15) is 13.2 Å². The van der Waals surface area contributed by atoms with Gasteiger partial charge in [0.2, 0.25) is 10.0 Å². The van der Waals surface area contributed by atoms with E-state index >= 15 is 0 Å². The van der Waals surface area contributed by atoms with Crippen LogP contribution in [0.2, 0.25) is 0 Å². The summed E-state index contributed by atoms with van der Waals surface area (Å²) in [6.45, 7) is 4.64. The Morgan fingerprint density at radius 3 is 2.26 bits per heavy atom. The minimum atomic E-state index is -3.56. The number of sulfonamides is 1. The number of carbonyl (C=O) groups excluding carboxylic acids is 1. The van der Waals surface area contributed by atoms with E-state index in [2.05, 4.69) is 10.0 Å². The summed E-state index contributed by atoms with van der Waals surface area (Å²) in [6.07, 6.45) is 7.89. The average molecular weight is 391 g/mol. The molecule has 1 amide bonds. The Morgan fingerprint density at radius 2 is 1.70 bits per heavy atom. The summed E-state index contributed by atoms with van der Waals surface area (Å²) in [7, 11) is -3.56. The van der Waals surface area contributed by atoms with Gasteiger partial charge in [-0.15, -0.1) is 0 Å². The van der Waals surface area contributed by atoms with Crippen molar-refractivity contribution in [3.63, 3.8) is 0 Å². The quantitative estimate of drug-likeness (QED) is 0.783. The Kier molecular flexibility index (Phi) is 4.83. The molecule has 4 bridgehead atoms. The number of hydrogen-bond acceptors (Lipinski definition) is 3. The lowest BCUT2D eigenvalue weighted by atomic mass is 9.49. The lowest BCUT2D eigenvalue weighted by molar-refractivity contribution is -0.0503. The second-order valence-corrected chi connectivity index (χ2v) is 10.8. The van der Waals surface area contributed by atoms with Crippen molar-refractivity contribution < 1.29 is 13.2 Å². The van der Waals surface area contributed by atoms with Gasteiger partial charge >= 0.3 is 0 Å². The highest BCUT2D eigenvalue weighted by Gasteiger charge is 2.50. The average Bonchev–Trinajstić information content (AvgIpc) is 2.59. The number of amides is 1. The number of benzene rings is 1. The Hall–Kier alpha value is -1.40. The second kappa shape index (κ2) is 6.89. The predicted molar refractivity (Wildman–Crippen MR) is 105 cm³/mol. The summed E-state index contributed by atoms with van der Waals surface area (Å²) in [5.41, 5.74) is 1.53. The maximum atomic E-state index is 12.9. The number of aryl methyl sites for hydroxylation is 1. The van der Waals surface area contributed by atoms with E-state index in [1.807, 2.05) is 6.92 Å². The van der Waals surface area contributed by atoms with Crippen molar-refractivity contribution in [1.29, 1.82) is 0 Å². The molecular weight excluding hydrogens is 360 g/mol. The van der Waals surface area contributed by atoms with Crippen LogP contribution in [0.4, 0.5) is 0 Å². The van der Waals surface area contributed by atoms with Crippen molar-refractivity contribution in [2.24, 2.45) is 23.2 Å². The van der Waals surface area contributed by atoms with Crippen LogP contribution in [0.1, 0.15) is 61.4 Å². The van der Waals surface area contributed by atoms with Crippen molar-refractivity contribution >= 4 is 15.9 Å². The van der Waals surface area contributed by atoms with E-state index in [0.717, 1.165) is 29.9 Å². The molecule has 0 atom stereocenters. The first-order valence-electron chi connectivity index (χ1n) is 10.2. The molecule has 6 heteroatoms. The van der Waals surface area contributed by atoms with Gasteiger partial charge in [0, 0.05) is 18.7 Å². The van der Waals surface area contributed by atoms with Crippen LogP contribution in [0.15, 0.2) is 23.1 Å². The molecule has 1 aromatic rings. The summed E-state index contributed by atoms with van der Waals surface area (Å²) in [6, 6.07) is 4.77. The van der Waals surface area contributed by atoms with Gasteiger partial charge in [-0.1, -0.05) is 13.0 Å². The summed E-state index contributed by atoms with van der Waals surface area (Å²) < 4.78 is 27.0. The monoisotopic (exact) mass is 390 g/mol. The molecule has 27 heavy (non-hydrogen) atoms. The number of nitrogens with one attached hydrogen (secondary N) is 2. The first-order chi connectivity index (χ1) is 12.8. The van der Waals surface area contributed by atoms with Crippen molar-refractivity contribution in [3.05, 3.63) is 29.3 Å². The number of hydrogen-bond donors (Lipinski definition) is 2. The van der Waals surface area contributed by atoms with Crippen LogP contribution in [-0.2, 0) is 10.0 Å². The van der Waals surface area contributed by atoms with E-state index in [4.69, 9.17) is 0 Å². The van der Waals surface area contributed by atoms with Crippen LogP contribution in [0.3, 0.4) is 0 Å². The molecule has 0 unspecified atom stereocenters. The minimum absolute atomic E-state index is 0.148. The maximum absolute atomic E-state index is 12.9. The topological polar surface area (TPSA) is 75.3 Å². The first-order valence-corrected chi connectivity index (χ1v) is 11.7. The van der Waals surface area contributed by atoms with Gasteiger partial charge in [-0.25, -0.2) is 13.1 Å². The highest BCUT2D eigenvalue weighted by Crippen LogP contribution is 2.59. The van der Waals surface area contributed by atoms with Crippen molar-refractivity contribution in [1.82, 2.24) is 10.0 Å². The van der Waals surface area contributed by atoms with Crippen LogP contribution in [-0.4, -0.2) is 27.4 Å². The Balaban J connectivity index is 1.49. The van der Waals surface area contributed by atoms with Gasteiger partial charge in [0.05, 0.1) is 4.90 Å². The lowest BCUT2D eigenvalue weighted by Crippen LogP contribution is -2.51. The van der Waals surface area contributed by atoms with E-state index in [1.165, 1.54) is 44.6 Å². The van der Waals surface area contributed by atoms with Crippen LogP contribution in [0.5, 0.6) is 0 Å². The standard InChI is InChI=1S/C21H30N2O3S/c1-3-23-27(25,26)18-5-4-14(2)19(9-18)20(24)22-13-21-10-15-6-16(11-21)8-17(7-15)12-21/h4-5,9,15-17,23H,3,6-8,10-13H2,1-2H3,(H,22,24). The van der Waals surface area contributed by atoms with Crippen LogP contribution in [0, 0.1) is 30.1 Å². The molecule has 4 saturated carbocycles. The molecule has 148 valence electrons. The third kappa shape index (κ3) is 3.66. The third-order valence-corrected chi connectivity index (χ3v) is 8.43. The predicted octanol–water partition coefficient (Wildman–Crippen LogP) is 3.24. The number of carbonyl (C=O) groups is 1. The van der Waals surface area contributed by atoms with Gasteiger partial charge < -0.3 is 5.32 Å². The lowest BCUT2D eigenvalue weighted by Gasteiger charge is -2.56. The van der Waals surface area contributed by atoms with Gasteiger partial charge in [-0.2, -0.15) is 0 Å². The third-order valence-electron chi connectivity index (χ3n) is 6.89. The fourth-order valence-corrected chi connectivity index (χ4v) is 7.22. The summed E-state index contributed by atoms with van der Waals surface area (Å²) in [5.74, 6) is 2.40. The minimum Gasteiger partial charge on any atom is -0.351 e. The van der Waals surface area contributed by atoms with Crippen LogP contribution >= 0.6 is 0 Å². The zero-order valence-electron chi connectivity index (χ0n) is 16.3. The molecule has 4 aliphatic rings. The molecule has 1 aromatic carbocycles. The molecule has 5 nitrogen and oxygen atoms in total. The summed E-state index contributed by atoms with van der Waals surface area (Å²) in [4.78, 5) is 13.0. The molecule has 0 saturated heterocycles. The zero-order valence-corrected chi connectivity index (χ0v) is 17.1. The maximum Gasteiger partial charge on any atom is 0.251 e. The molecule has 0 aliphatic heterocycles. The van der Waals surface area contributed by atoms with Crippen molar-refractivity contribution in [3.8, 4) is 0 Å². The van der Waals surface area contributed by atoms with Gasteiger partial charge in [-0.05, 0) is 86.3 Å². The fourth-order valence-electron chi connectivity index (χ4n) is 6.16. The molecule has 5 rings (SSSR count). The van der Waals surface area contributed by atoms with E-state index in [1.54, 1.807) is 19.1 Å². The zero-order chi connectivity index (χ0) is 19.2. The van der Waals surface area contributed by atoms with E-state index < -0.39 is 10.0 Å². The molecule has 4 aliphatic carbocycles. The van der Waals surface area contributed by atoms with Crippen molar-refractivity contribution in [2.45, 2.75) is 57.3 Å². The van der Waals surface area contributed by atoms with Gasteiger partial charge in [-0.3, -0.25) is 4.79 Å². The second-order valence-electron chi connectivity index (χ2n) is 9.08. The van der Waals surface area contributed by atoms with Crippen molar-refractivity contribution in [2.75, 3.05) is 13.1 Å². The highest BCUT2D eigenvalue weighted by molar-refractivity contribution is 7.89. The Morgan fingerprint density at radius 1 is 1.11 bits per heavy atom. The Bertz CT molecular complexity index is 812. The summed E-state index contributed by atoms with van der Waals surface area (Å²) >= 11 is 0. The van der Waals surface area contributed by atoms with Crippen LogP contribution < -0.4 is 10.0 Å². The summed E-state index contributed by atoms with van der Waals surface area (Å²) in [5, 5.41) is 3.15. The molecule has 0 heterocycles. The smallest absolute Gasteiger partial charge is 0.251 e. The van der Waals surface area contributed by atoms with Gasteiger partial charge in [0.25, 0.3) is 5.91 Å². The van der Waals surface area contributed by atoms with E-state index in [0.29, 0.717) is 12.1 Å². The molecule has 4 fully saturated rings. The molecule has 0 spiro atoms. The molecule has 2 N–H and O–H groups in total. The first kappa shape index (κ1) is 18.9. The van der Waals surface area contributed by atoms with Gasteiger partial charge in [0.1, 0.15) is 0 Å². The van der Waals surface area contributed by atoms with Crippen LogP contribution in [0.25, 0.3) is 0 Å². The Labute approximate surface area is 162 Å².